The van der Waals surface area contributed by atoms with Gasteiger partial charge >= 0.3 is 0 Å². The smallest absolute Gasteiger partial charge is 0.0727 e. The predicted octanol–water partition coefficient (Wildman–Crippen LogP) is 17.5. The molecule has 2 aliphatic carbocycles. The van der Waals surface area contributed by atoms with Crippen LogP contribution in [0.2, 0.25) is 0 Å². The summed E-state index contributed by atoms with van der Waals surface area (Å²) in [4.78, 5) is 4.89. The fraction of sp³-hybridized carbons (Fsp3) is 0.0154. The monoisotopic (exact) mass is 852 g/mol. The molecule has 13 rings (SSSR count). The fourth-order valence-electron chi connectivity index (χ4n) is 11.2. The molecule has 11 aromatic carbocycles. The number of para-hydroxylation sites is 2. The maximum Gasteiger partial charge on any atom is 0.0727 e. The van der Waals surface area contributed by atoms with E-state index in [0.29, 0.717) is 0 Å². The summed E-state index contributed by atoms with van der Waals surface area (Å²) in [5.74, 6) is 0. The summed E-state index contributed by atoms with van der Waals surface area (Å²) in [7, 11) is 0. The Morgan fingerprint density at radius 3 is 1.33 bits per heavy atom. The first-order chi connectivity index (χ1) is 33.3. The van der Waals surface area contributed by atoms with Gasteiger partial charge in [-0.3, -0.25) is 0 Å². The van der Waals surface area contributed by atoms with E-state index in [4.69, 9.17) is 0 Å². The van der Waals surface area contributed by atoms with E-state index in [0.717, 1.165) is 34.1 Å². The maximum atomic E-state index is 2.50. The third-order valence-electron chi connectivity index (χ3n) is 14.0. The van der Waals surface area contributed by atoms with E-state index in [9.17, 15) is 0 Å². The van der Waals surface area contributed by atoms with Gasteiger partial charge < -0.3 is 9.80 Å². The molecule has 0 saturated carbocycles. The molecule has 67 heavy (non-hydrogen) atoms. The summed E-state index contributed by atoms with van der Waals surface area (Å²) < 4.78 is 0. The zero-order chi connectivity index (χ0) is 44.3. The van der Waals surface area contributed by atoms with Crippen molar-refractivity contribution in [2.45, 2.75) is 5.41 Å². The molecule has 0 radical (unpaired) electrons. The van der Waals surface area contributed by atoms with Crippen LogP contribution in [0.3, 0.4) is 0 Å². The average molecular weight is 853 g/mol. The van der Waals surface area contributed by atoms with Crippen molar-refractivity contribution >= 4 is 44.9 Å². The molecular weight excluding hydrogens is 809 g/mol. The van der Waals surface area contributed by atoms with Crippen molar-refractivity contribution in [1.29, 1.82) is 0 Å². The van der Waals surface area contributed by atoms with Crippen LogP contribution in [0.25, 0.3) is 55.3 Å². The number of anilines is 6. The molecule has 11 aromatic rings. The van der Waals surface area contributed by atoms with E-state index < -0.39 is 5.41 Å². The van der Waals surface area contributed by atoms with Gasteiger partial charge in [0.1, 0.15) is 0 Å². The lowest BCUT2D eigenvalue weighted by atomic mass is 9.70. The third-order valence-corrected chi connectivity index (χ3v) is 14.0. The van der Waals surface area contributed by atoms with Crippen molar-refractivity contribution in [3.05, 3.63) is 289 Å². The molecule has 0 aliphatic heterocycles. The van der Waals surface area contributed by atoms with Gasteiger partial charge in [0, 0.05) is 34.0 Å². The van der Waals surface area contributed by atoms with Gasteiger partial charge in [-0.05, 0) is 139 Å². The second-order valence-corrected chi connectivity index (χ2v) is 17.6. The maximum absolute atomic E-state index is 2.50. The molecule has 1 unspecified atom stereocenters. The van der Waals surface area contributed by atoms with Crippen LogP contribution < -0.4 is 9.80 Å². The van der Waals surface area contributed by atoms with Crippen molar-refractivity contribution in [2.75, 3.05) is 9.80 Å². The minimum Gasteiger partial charge on any atom is -0.310 e. The van der Waals surface area contributed by atoms with Gasteiger partial charge in [0.15, 0.2) is 0 Å². The Kier molecular flexibility index (Phi) is 9.11. The SMILES string of the molecule is c1ccc(-c2cccc(N(c3ccccc3)c3ccc4c(c3)C3(c5ccccc5-4)c4ccccc4-c4ccc(N(c5ccccc5)c5ccc6ccccc6c5-c5ccccc5)cc43)c2)cc1. The van der Waals surface area contributed by atoms with Gasteiger partial charge in [-0.15, -0.1) is 0 Å². The van der Waals surface area contributed by atoms with Crippen LogP contribution in [0.4, 0.5) is 34.1 Å². The second-order valence-electron chi connectivity index (χ2n) is 17.6. The number of fused-ring (bicyclic) bond motifs is 11. The molecule has 0 aromatic heterocycles. The zero-order valence-electron chi connectivity index (χ0n) is 36.8. The van der Waals surface area contributed by atoms with Crippen LogP contribution in [0.15, 0.2) is 267 Å². The minimum atomic E-state index is -0.591. The van der Waals surface area contributed by atoms with Crippen LogP contribution in [0.1, 0.15) is 22.3 Å². The zero-order valence-corrected chi connectivity index (χ0v) is 36.8. The Hall–Kier alpha value is -8.72. The highest BCUT2D eigenvalue weighted by molar-refractivity contribution is 6.06. The van der Waals surface area contributed by atoms with Crippen LogP contribution in [0, 0.1) is 0 Å². The summed E-state index contributed by atoms with van der Waals surface area (Å²) in [6.45, 7) is 0. The molecule has 1 atom stereocenters. The van der Waals surface area contributed by atoms with Crippen molar-refractivity contribution in [3.8, 4) is 44.5 Å². The summed E-state index contributed by atoms with van der Waals surface area (Å²) in [5, 5.41) is 2.44. The van der Waals surface area contributed by atoms with Crippen LogP contribution >= 0.6 is 0 Å². The number of hydrogen-bond donors (Lipinski definition) is 0. The molecule has 2 aliphatic rings. The van der Waals surface area contributed by atoms with Gasteiger partial charge in [0.25, 0.3) is 0 Å². The fourth-order valence-corrected chi connectivity index (χ4v) is 11.2. The standard InChI is InChI=1S/C65H44N2/c1-5-20-45(21-6-1)48-25-19-30-51(42-48)66(49-26-9-3-10-27-49)52-37-39-57-55-32-15-17-34-59(55)65(61(57)43-52)60-35-18-16-33-56(60)58-40-38-53(44-62(58)65)67(50-28-11-4-12-29-50)63-41-36-46-22-13-14-31-54(46)64(63)47-23-7-2-8-24-47/h1-44H. The van der Waals surface area contributed by atoms with Crippen LogP contribution in [0.5, 0.6) is 0 Å². The Labute approximate surface area is 391 Å². The number of hydrogen-bond acceptors (Lipinski definition) is 2. The average Bonchev–Trinajstić information content (AvgIpc) is 3.87. The first kappa shape index (κ1) is 38.7. The molecular formula is C65H44N2. The lowest BCUT2D eigenvalue weighted by Gasteiger charge is -2.34. The summed E-state index contributed by atoms with van der Waals surface area (Å²) in [6.07, 6.45) is 0. The van der Waals surface area contributed by atoms with Gasteiger partial charge in [0.05, 0.1) is 11.1 Å². The molecule has 0 N–H and O–H groups in total. The van der Waals surface area contributed by atoms with Crippen molar-refractivity contribution in [2.24, 2.45) is 0 Å². The summed E-state index contributed by atoms with van der Waals surface area (Å²) >= 11 is 0. The molecule has 0 amide bonds. The van der Waals surface area contributed by atoms with E-state index in [1.165, 1.54) is 77.5 Å². The number of benzene rings is 11. The van der Waals surface area contributed by atoms with Gasteiger partial charge in [-0.25, -0.2) is 0 Å². The van der Waals surface area contributed by atoms with Gasteiger partial charge in [-0.1, -0.05) is 200 Å². The highest BCUT2D eigenvalue weighted by atomic mass is 15.1. The molecule has 0 fully saturated rings. The molecule has 2 nitrogen and oxygen atoms in total. The highest BCUT2D eigenvalue weighted by Crippen LogP contribution is 2.64. The van der Waals surface area contributed by atoms with Gasteiger partial charge in [0.2, 0.25) is 0 Å². The normalized spacial score (nSPS) is 14.0. The summed E-state index contributed by atoms with van der Waals surface area (Å²) in [5.41, 5.74) is 21.1. The van der Waals surface area contributed by atoms with Crippen molar-refractivity contribution < 1.29 is 0 Å². The van der Waals surface area contributed by atoms with E-state index in [1.807, 2.05) is 0 Å². The Bertz CT molecular complexity index is 3630. The van der Waals surface area contributed by atoms with Gasteiger partial charge in [-0.2, -0.15) is 0 Å². The third kappa shape index (κ3) is 6.11. The molecule has 314 valence electrons. The quantitative estimate of drug-likeness (QED) is 0.150. The second kappa shape index (κ2) is 15.8. The topological polar surface area (TPSA) is 6.48 Å². The van der Waals surface area contributed by atoms with E-state index in [1.54, 1.807) is 0 Å². The highest BCUT2D eigenvalue weighted by Gasteiger charge is 2.52. The van der Waals surface area contributed by atoms with Crippen LogP contribution in [-0.2, 0) is 5.41 Å². The van der Waals surface area contributed by atoms with E-state index in [2.05, 4.69) is 277 Å². The number of rotatable bonds is 8. The molecule has 0 heterocycles. The van der Waals surface area contributed by atoms with Crippen molar-refractivity contribution in [3.63, 3.8) is 0 Å². The summed E-state index contributed by atoms with van der Waals surface area (Å²) in [6, 6.07) is 98.1. The first-order valence-corrected chi connectivity index (χ1v) is 23.2. The first-order valence-electron chi connectivity index (χ1n) is 23.2. The molecule has 0 saturated heterocycles. The Morgan fingerprint density at radius 2 is 0.701 bits per heavy atom. The minimum absolute atomic E-state index is 0.591. The van der Waals surface area contributed by atoms with Crippen molar-refractivity contribution in [1.82, 2.24) is 0 Å². The lowest BCUT2D eigenvalue weighted by Crippen LogP contribution is -2.26. The largest absolute Gasteiger partial charge is 0.310 e. The molecule has 2 heteroatoms. The number of nitrogens with zero attached hydrogens (tertiary/aromatic N) is 2. The van der Waals surface area contributed by atoms with E-state index >= 15 is 0 Å². The van der Waals surface area contributed by atoms with E-state index in [-0.39, 0.29) is 0 Å². The lowest BCUT2D eigenvalue weighted by molar-refractivity contribution is 0.793. The Morgan fingerprint density at radius 1 is 0.254 bits per heavy atom. The molecule has 1 spiro atoms. The predicted molar refractivity (Wildman–Crippen MR) is 280 cm³/mol. The van der Waals surface area contributed by atoms with Crippen LogP contribution in [-0.4, -0.2) is 0 Å². The Balaban J connectivity index is 1.06. The molecule has 0 bridgehead atoms.